The molecule has 1 heterocycles. The van der Waals surface area contributed by atoms with Crippen LogP contribution in [0.3, 0.4) is 0 Å². The van der Waals surface area contributed by atoms with Crippen molar-refractivity contribution in [2.75, 3.05) is 4.90 Å². The minimum absolute atomic E-state index is 0.164. The standard InChI is InChI=1S/C58H40N2O/c61-58-52(20-11-21-53(58)47-25-24-41-14-4-5-15-45(41)38-47)44-30-36-50(37-31-44)59(48-32-26-42(27-33-48)40-12-2-1-3-13-40)49-34-28-43(29-35-49)46-16-10-17-51(39-46)60-56-22-8-6-18-54(56)55-19-7-9-23-57(55)60/h1-39,61H/i4D,5D,11D,14D,15D,20D,21D,24D,25D,30D,31D,36D,37D. The Balaban J connectivity index is 1.06. The summed E-state index contributed by atoms with van der Waals surface area (Å²) in [6, 6.07) is 42.0. The Morgan fingerprint density at radius 2 is 0.918 bits per heavy atom. The second-order valence-corrected chi connectivity index (χ2v) is 14.5. The number of aromatic hydroxyl groups is 1. The van der Waals surface area contributed by atoms with Crippen molar-refractivity contribution in [3.8, 4) is 55.9 Å². The molecular formula is C58H40N2O. The Labute approximate surface area is 373 Å². The molecule has 288 valence electrons. The van der Waals surface area contributed by atoms with Gasteiger partial charge in [-0.1, -0.05) is 170 Å². The zero-order valence-corrected chi connectivity index (χ0v) is 32.4. The minimum Gasteiger partial charge on any atom is -0.507 e. The summed E-state index contributed by atoms with van der Waals surface area (Å²) in [4.78, 5) is 1.60. The van der Waals surface area contributed by atoms with E-state index < -0.39 is 101 Å². The van der Waals surface area contributed by atoms with Crippen molar-refractivity contribution < 1.29 is 22.9 Å². The highest BCUT2D eigenvalue weighted by Gasteiger charge is 2.17. The third-order valence-electron chi connectivity index (χ3n) is 10.9. The van der Waals surface area contributed by atoms with Crippen molar-refractivity contribution in [1.82, 2.24) is 4.57 Å². The molecule has 0 aliphatic rings. The number of benzene rings is 10. The largest absolute Gasteiger partial charge is 0.507 e. The summed E-state index contributed by atoms with van der Waals surface area (Å²) < 4.78 is 118. The minimum atomic E-state index is -0.941. The van der Waals surface area contributed by atoms with Crippen LogP contribution in [0.4, 0.5) is 17.1 Å². The topological polar surface area (TPSA) is 28.4 Å². The first-order chi connectivity index (χ1) is 35.6. The third kappa shape index (κ3) is 6.59. The molecule has 11 aromatic rings. The molecule has 0 spiro atoms. The molecule has 0 aliphatic heterocycles. The highest BCUT2D eigenvalue weighted by atomic mass is 16.3. The predicted molar refractivity (Wildman–Crippen MR) is 256 cm³/mol. The summed E-state index contributed by atoms with van der Waals surface area (Å²) in [6.45, 7) is 0. The molecule has 0 saturated carbocycles. The predicted octanol–water partition coefficient (Wildman–Crippen LogP) is 15.8. The highest BCUT2D eigenvalue weighted by molar-refractivity contribution is 6.09. The van der Waals surface area contributed by atoms with Crippen LogP contribution in [0.25, 0.3) is 82.8 Å². The van der Waals surface area contributed by atoms with Crippen LogP contribution in [0.15, 0.2) is 236 Å². The van der Waals surface area contributed by atoms with Gasteiger partial charge in [-0.25, -0.2) is 0 Å². The monoisotopic (exact) mass is 793 g/mol. The van der Waals surface area contributed by atoms with Crippen LogP contribution in [0.1, 0.15) is 17.8 Å². The number of hydrogen-bond acceptors (Lipinski definition) is 2. The molecule has 1 N–H and O–H groups in total. The highest BCUT2D eigenvalue weighted by Crippen LogP contribution is 2.42. The van der Waals surface area contributed by atoms with Crippen LogP contribution in [0, 0.1) is 0 Å². The van der Waals surface area contributed by atoms with Gasteiger partial charge in [0.15, 0.2) is 0 Å². The second kappa shape index (κ2) is 15.2. The van der Waals surface area contributed by atoms with E-state index in [9.17, 15) is 10.6 Å². The van der Waals surface area contributed by atoms with Crippen molar-refractivity contribution in [2.45, 2.75) is 0 Å². The van der Waals surface area contributed by atoms with E-state index in [1.54, 1.807) is 4.90 Å². The van der Waals surface area contributed by atoms with Gasteiger partial charge in [-0.3, -0.25) is 0 Å². The smallest absolute Gasteiger partial charge is 0.131 e. The van der Waals surface area contributed by atoms with Crippen molar-refractivity contribution >= 4 is 49.6 Å². The lowest BCUT2D eigenvalue weighted by atomic mass is 9.95. The van der Waals surface area contributed by atoms with Gasteiger partial charge in [-0.2, -0.15) is 0 Å². The van der Waals surface area contributed by atoms with Gasteiger partial charge in [0.1, 0.15) is 5.75 Å². The zero-order chi connectivity index (χ0) is 52.0. The lowest BCUT2D eigenvalue weighted by Crippen LogP contribution is -2.09. The average molecular weight is 794 g/mol. The van der Waals surface area contributed by atoms with Gasteiger partial charge in [0.05, 0.1) is 28.9 Å². The fraction of sp³-hybridized carbons (Fsp3) is 0. The maximum atomic E-state index is 12.1. The number of phenolic OH excluding ortho intramolecular Hbond substituents is 1. The van der Waals surface area contributed by atoms with Gasteiger partial charge in [-0.15, -0.1) is 0 Å². The number of hydrogen-bond donors (Lipinski definition) is 1. The second-order valence-electron chi connectivity index (χ2n) is 14.5. The summed E-state index contributed by atoms with van der Waals surface area (Å²) in [7, 11) is 0. The molecule has 0 radical (unpaired) electrons. The number of fused-ring (bicyclic) bond motifs is 4. The molecule has 0 amide bonds. The quantitative estimate of drug-likeness (QED) is 0.166. The fourth-order valence-electron chi connectivity index (χ4n) is 7.96. The van der Waals surface area contributed by atoms with Gasteiger partial charge in [0.2, 0.25) is 0 Å². The van der Waals surface area contributed by atoms with E-state index in [0.29, 0.717) is 11.4 Å². The van der Waals surface area contributed by atoms with Gasteiger partial charge >= 0.3 is 0 Å². The summed E-state index contributed by atoms with van der Waals surface area (Å²) in [6.07, 6.45) is 0. The molecule has 0 unspecified atom stereocenters. The van der Waals surface area contributed by atoms with Crippen LogP contribution in [-0.2, 0) is 0 Å². The molecule has 0 atom stereocenters. The SMILES string of the molecule is [2H]c1c([2H])c(-c2cc3c([2H])c([2H])c([2H])c([2H])c3c([2H])c2[2H])c(O)c(-c2c([2H])c([2H])c(N(c3ccc(-c4ccccc4)cc3)c3ccc(-c4cccc(-n5c6ccccc6c6ccccc65)c4)cc3)c([2H])c2[2H])c1[2H]. The van der Waals surface area contributed by atoms with Crippen molar-refractivity contribution in [2.24, 2.45) is 0 Å². The number of rotatable bonds is 8. The van der Waals surface area contributed by atoms with Crippen LogP contribution in [0.5, 0.6) is 5.75 Å². The Kier molecular flexibility index (Phi) is 6.17. The van der Waals surface area contributed by atoms with Crippen LogP contribution < -0.4 is 4.90 Å². The van der Waals surface area contributed by atoms with Gasteiger partial charge in [0, 0.05) is 44.6 Å². The Hall–Kier alpha value is -8.14. The van der Waals surface area contributed by atoms with Crippen molar-refractivity contribution in [3.05, 3.63) is 236 Å². The Bertz CT molecular complexity index is 4040. The molecular weight excluding hydrogens is 741 g/mol. The molecule has 0 aliphatic carbocycles. The van der Waals surface area contributed by atoms with E-state index in [2.05, 4.69) is 41.0 Å². The summed E-state index contributed by atoms with van der Waals surface area (Å²) in [5.41, 5.74) is 5.42. The van der Waals surface area contributed by atoms with Crippen molar-refractivity contribution in [1.29, 1.82) is 0 Å². The molecule has 3 nitrogen and oxygen atoms in total. The number of aromatic nitrogens is 1. The van der Waals surface area contributed by atoms with E-state index in [-0.39, 0.29) is 22.0 Å². The number of phenols is 1. The van der Waals surface area contributed by atoms with Crippen molar-refractivity contribution in [3.63, 3.8) is 0 Å². The first-order valence-corrected chi connectivity index (χ1v) is 19.7. The summed E-state index contributed by atoms with van der Waals surface area (Å²) in [5.74, 6) is -0.941. The van der Waals surface area contributed by atoms with E-state index in [0.717, 1.165) is 55.8 Å². The van der Waals surface area contributed by atoms with E-state index in [1.807, 2.05) is 115 Å². The normalized spacial score (nSPS) is 14.3. The summed E-state index contributed by atoms with van der Waals surface area (Å²) >= 11 is 0. The zero-order valence-electron chi connectivity index (χ0n) is 45.4. The van der Waals surface area contributed by atoms with Crippen LogP contribution in [-0.4, -0.2) is 9.67 Å². The number of nitrogens with zero attached hydrogens (tertiary/aromatic N) is 2. The van der Waals surface area contributed by atoms with E-state index >= 15 is 0 Å². The molecule has 0 saturated heterocycles. The first-order valence-electron chi connectivity index (χ1n) is 26.2. The maximum absolute atomic E-state index is 12.1. The van der Waals surface area contributed by atoms with E-state index in [1.165, 1.54) is 0 Å². The van der Waals surface area contributed by atoms with Crippen LogP contribution in [0.2, 0.25) is 0 Å². The number of anilines is 3. The fourth-order valence-corrected chi connectivity index (χ4v) is 7.96. The molecule has 3 heteroatoms. The van der Waals surface area contributed by atoms with E-state index in [4.69, 9.17) is 12.3 Å². The Morgan fingerprint density at radius 1 is 0.377 bits per heavy atom. The lowest BCUT2D eigenvalue weighted by molar-refractivity contribution is 0.479. The first kappa shape index (κ1) is 24.7. The maximum Gasteiger partial charge on any atom is 0.131 e. The van der Waals surface area contributed by atoms with Crippen LogP contribution >= 0.6 is 0 Å². The van der Waals surface area contributed by atoms with Gasteiger partial charge in [-0.05, 0) is 111 Å². The third-order valence-corrected chi connectivity index (χ3v) is 10.9. The van der Waals surface area contributed by atoms with Gasteiger partial charge in [0.25, 0.3) is 0 Å². The molecule has 11 rings (SSSR count). The lowest BCUT2D eigenvalue weighted by Gasteiger charge is -2.26. The molecule has 0 bridgehead atoms. The summed E-state index contributed by atoms with van der Waals surface area (Å²) in [5, 5.41) is 14.0. The number of para-hydroxylation sites is 3. The average Bonchev–Trinajstić information content (AvgIpc) is 3.76. The molecule has 10 aromatic carbocycles. The molecule has 0 fully saturated rings. The molecule has 61 heavy (non-hydrogen) atoms. The Morgan fingerprint density at radius 3 is 1.59 bits per heavy atom. The van der Waals surface area contributed by atoms with Gasteiger partial charge < -0.3 is 14.6 Å². The molecule has 1 aromatic heterocycles.